The SMILES string of the molecule is CC(=O)O[C@@H]1CC[C@@]2(C)[C@@H](CC[C@H]3[C@H]2CC[C@@]2(C)[C@@H]3CC[C@]2(C#Cc2ccccc2)OC(C)=O)C1. The first kappa shape index (κ1) is 24.4. The second-order valence-corrected chi connectivity index (χ2v) is 12.2. The molecular formula is C31H40O4. The zero-order chi connectivity index (χ0) is 24.8. The van der Waals surface area contributed by atoms with Crippen LogP contribution in [0.2, 0.25) is 0 Å². The maximum atomic E-state index is 12.3. The molecule has 0 amide bonds. The second-order valence-electron chi connectivity index (χ2n) is 12.2. The van der Waals surface area contributed by atoms with E-state index in [1.807, 2.05) is 30.3 Å². The highest BCUT2D eigenvalue weighted by Gasteiger charge is 2.66. The molecule has 4 saturated carbocycles. The lowest BCUT2D eigenvalue weighted by atomic mass is 9.44. The Hall–Kier alpha value is -2.28. The number of carbonyl (C=O) groups is 2. The first-order valence-corrected chi connectivity index (χ1v) is 13.6. The monoisotopic (exact) mass is 476 g/mol. The Morgan fingerprint density at radius 1 is 0.886 bits per heavy atom. The molecule has 4 heteroatoms. The minimum Gasteiger partial charge on any atom is -0.463 e. The van der Waals surface area contributed by atoms with Crippen LogP contribution in [0.5, 0.6) is 0 Å². The normalized spacial score (nSPS) is 41.9. The standard InChI is InChI=1S/C31H40O4/c1-21(32)34-25-13-16-29(3)24(20-25)10-11-26-27(29)14-17-30(4)28(26)15-19-31(30,35-22(2)33)18-12-23-8-6-5-7-9-23/h5-9,24-28H,10-11,13-17,19-20H2,1-4H3/t24-,25+,26-,27+,28+,29-,30-,31-/m0/s1. The van der Waals surface area contributed by atoms with Gasteiger partial charge in [-0.15, -0.1) is 0 Å². The summed E-state index contributed by atoms with van der Waals surface area (Å²) >= 11 is 0. The van der Waals surface area contributed by atoms with Gasteiger partial charge >= 0.3 is 11.9 Å². The average Bonchev–Trinajstić information content (AvgIpc) is 3.10. The van der Waals surface area contributed by atoms with Crippen LogP contribution in [-0.2, 0) is 19.1 Å². The molecule has 0 bridgehead atoms. The van der Waals surface area contributed by atoms with E-state index in [0.29, 0.717) is 29.1 Å². The first-order valence-electron chi connectivity index (χ1n) is 13.6. The van der Waals surface area contributed by atoms with E-state index in [-0.39, 0.29) is 23.5 Å². The van der Waals surface area contributed by atoms with Crippen LogP contribution in [-0.4, -0.2) is 23.6 Å². The van der Waals surface area contributed by atoms with Crippen LogP contribution in [0.1, 0.15) is 91.0 Å². The molecule has 0 aromatic heterocycles. The lowest BCUT2D eigenvalue weighted by Gasteiger charge is -2.61. The van der Waals surface area contributed by atoms with Crippen molar-refractivity contribution in [2.24, 2.45) is 34.5 Å². The molecular weight excluding hydrogens is 436 g/mol. The number of hydrogen-bond acceptors (Lipinski definition) is 4. The van der Waals surface area contributed by atoms with Gasteiger partial charge in [0.15, 0.2) is 5.60 Å². The molecule has 5 rings (SSSR count). The summed E-state index contributed by atoms with van der Waals surface area (Å²) in [4.78, 5) is 23.9. The smallest absolute Gasteiger partial charge is 0.304 e. The van der Waals surface area contributed by atoms with Crippen molar-refractivity contribution in [2.75, 3.05) is 0 Å². The Balaban J connectivity index is 1.42. The quantitative estimate of drug-likeness (QED) is 0.370. The molecule has 4 aliphatic carbocycles. The molecule has 4 nitrogen and oxygen atoms in total. The Labute approximate surface area is 210 Å². The molecule has 35 heavy (non-hydrogen) atoms. The molecule has 0 saturated heterocycles. The van der Waals surface area contributed by atoms with Gasteiger partial charge in [0.2, 0.25) is 0 Å². The van der Waals surface area contributed by atoms with Gasteiger partial charge in [0.05, 0.1) is 0 Å². The Morgan fingerprint density at radius 2 is 1.63 bits per heavy atom. The summed E-state index contributed by atoms with van der Waals surface area (Å²) in [6.07, 6.45) is 9.77. The molecule has 0 unspecified atom stereocenters. The van der Waals surface area contributed by atoms with Crippen LogP contribution in [0, 0.1) is 46.3 Å². The fourth-order valence-electron chi connectivity index (χ4n) is 8.90. The van der Waals surface area contributed by atoms with Crippen molar-refractivity contribution < 1.29 is 19.1 Å². The van der Waals surface area contributed by atoms with Crippen LogP contribution in [0.25, 0.3) is 0 Å². The molecule has 1 aromatic rings. The van der Waals surface area contributed by atoms with Gasteiger partial charge in [0, 0.05) is 24.8 Å². The maximum absolute atomic E-state index is 12.3. The summed E-state index contributed by atoms with van der Waals surface area (Å²) < 4.78 is 11.8. The highest BCUT2D eigenvalue weighted by Crippen LogP contribution is 2.69. The Morgan fingerprint density at radius 3 is 2.34 bits per heavy atom. The van der Waals surface area contributed by atoms with Crippen molar-refractivity contribution in [1.29, 1.82) is 0 Å². The van der Waals surface area contributed by atoms with Crippen molar-refractivity contribution in [3.05, 3.63) is 35.9 Å². The summed E-state index contributed by atoms with van der Waals surface area (Å²) in [6.45, 7) is 7.94. The fourth-order valence-corrected chi connectivity index (χ4v) is 8.90. The van der Waals surface area contributed by atoms with E-state index in [9.17, 15) is 9.59 Å². The number of hydrogen-bond donors (Lipinski definition) is 0. The number of rotatable bonds is 2. The molecule has 0 spiro atoms. The third-order valence-electron chi connectivity index (χ3n) is 10.6. The van der Waals surface area contributed by atoms with E-state index >= 15 is 0 Å². The van der Waals surface area contributed by atoms with Gasteiger partial charge in [-0.25, -0.2) is 0 Å². The van der Waals surface area contributed by atoms with E-state index < -0.39 is 5.60 Å². The number of benzene rings is 1. The first-order chi connectivity index (χ1) is 16.7. The molecule has 1 aromatic carbocycles. The highest BCUT2D eigenvalue weighted by atomic mass is 16.6. The minimum absolute atomic E-state index is 0.0901. The molecule has 0 radical (unpaired) electrons. The van der Waals surface area contributed by atoms with E-state index in [4.69, 9.17) is 9.47 Å². The Bertz CT molecular complexity index is 1040. The molecule has 188 valence electrons. The van der Waals surface area contributed by atoms with Crippen LogP contribution >= 0.6 is 0 Å². The second kappa shape index (κ2) is 8.99. The molecule has 4 aliphatic rings. The number of esters is 2. The average molecular weight is 477 g/mol. The fraction of sp³-hybridized carbons (Fsp3) is 0.677. The zero-order valence-corrected chi connectivity index (χ0v) is 21.8. The summed E-state index contributed by atoms with van der Waals surface area (Å²) in [7, 11) is 0. The van der Waals surface area contributed by atoms with Crippen LogP contribution in [0.15, 0.2) is 30.3 Å². The molecule has 0 aliphatic heterocycles. The minimum atomic E-state index is -0.713. The van der Waals surface area contributed by atoms with Gasteiger partial charge in [0.1, 0.15) is 6.10 Å². The maximum Gasteiger partial charge on any atom is 0.304 e. The number of ether oxygens (including phenoxy) is 2. The van der Waals surface area contributed by atoms with Crippen LogP contribution in [0.3, 0.4) is 0 Å². The number of fused-ring (bicyclic) bond motifs is 5. The topological polar surface area (TPSA) is 52.6 Å². The van der Waals surface area contributed by atoms with Gasteiger partial charge < -0.3 is 9.47 Å². The summed E-state index contributed by atoms with van der Waals surface area (Å²) in [5.74, 6) is 9.01. The van der Waals surface area contributed by atoms with E-state index in [1.54, 1.807) is 0 Å². The number of carbonyl (C=O) groups excluding carboxylic acids is 2. The molecule has 0 heterocycles. The Kier molecular flexibility index (Phi) is 6.27. The highest BCUT2D eigenvalue weighted by molar-refractivity contribution is 5.67. The molecule has 8 atom stereocenters. The van der Waals surface area contributed by atoms with Gasteiger partial charge in [-0.05, 0) is 105 Å². The predicted octanol–water partition coefficient (Wildman–Crippen LogP) is 6.31. The third kappa shape index (κ3) is 4.09. The van der Waals surface area contributed by atoms with Crippen LogP contribution < -0.4 is 0 Å². The van der Waals surface area contributed by atoms with E-state index in [2.05, 4.69) is 25.7 Å². The van der Waals surface area contributed by atoms with Crippen molar-refractivity contribution >= 4 is 11.9 Å². The van der Waals surface area contributed by atoms with Crippen molar-refractivity contribution in [1.82, 2.24) is 0 Å². The zero-order valence-electron chi connectivity index (χ0n) is 21.8. The lowest BCUT2D eigenvalue weighted by Crippen LogP contribution is -2.57. The summed E-state index contributed by atoms with van der Waals surface area (Å²) in [5, 5.41) is 0. The summed E-state index contributed by atoms with van der Waals surface area (Å²) in [6, 6.07) is 10.0. The third-order valence-corrected chi connectivity index (χ3v) is 10.6. The van der Waals surface area contributed by atoms with E-state index in [1.165, 1.54) is 33.1 Å². The van der Waals surface area contributed by atoms with Gasteiger partial charge in [-0.2, -0.15) is 0 Å². The molecule has 4 fully saturated rings. The summed E-state index contributed by atoms with van der Waals surface area (Å²) in [5.41, 5.74) is 0.440. The molecule has 0 N–H and O–H groups in total. The van der Waals surface area contributed by atoms with Gasteiger partial charge in [-0.1, -0.05) is 38.0 Å². The predicted molar refractivity (Wildman–Crippen MR) is 135 cm³/mol. The largest absolute Gasteiger partial charge is 0.463 e. The van der Waals surface area contributed by atoms with Crippen molar-refractivity contribution in [2.45, 2.75) is 97.2 Å². The van der Waals surface area contributed by atoms with Gasteiger partial charge in [0.25, 0.3) is 0 Å². The van der Waals surface area contributed by atoms with Crippen LogP contribution in [0.4, 0.5) is 0 Å². The van der Waals surface area contributed by atoms with Gasteiger partial charge in [-0.3, -0.25) is 9.59 Å². The lowest BCUT2D eigenvalue weighted by molar-refractivity contribution is -0.178. The van der Waals surface area contributed by atoms with Crippen molar-refractivity contribution in [3.8, 4) is 11.8 Å². The van der Waals surface area contributed by atoms with E-state index in [0.717, 1.165) is 44.1 Å². The van der Waals surface area contributed by atoms with Crippen molar-refractivity contribution in [3.63, 3.8) is 0 Å².